The summed E-state index contributed by atoms with van der Waals surface area (Å²) in [6, 6.07) is 10.2. The number of nitrogens with zero attached hydrogens (tertiary/aromatic N) is 3. The lowest BCUT2D eigenvalue weighted by atomic mass is 10.0. The SMILES string of the molecule is NC(=O)C1CCCCN1CC(=O)c1c(N)n(Cc2cccc(F)c2)c(=O)n(Cc2cccc(F)c2)c1=O. The summed E-state index contributed by atoms with van der Waals surface area (Å²) in [5.74, 6) is -2.71. The molecule has 0 radical (unpaired) electrons. The summed E-state index contributed by atoms with van der Waals surface area (Å²) in [6.07, 6.45) is 2.01. The van der Waals surface area contributed by atoms with Crippen LogP contribution in [0.2, 0.25) is 0 Å². The molecule has 4 N–H and O–H groups in total. The summed E-state index contributed by atoms with van der Waals surface area (Å²) < 4.78 is 29.4. The van der Waals surface area contributed by atoms with Crippen molar-refractivity contribution >= 4 is 17.5 Å². The van der Waals surface area contributed by atoms with Crippen LogP contribution in [0.3, 0.4) is 0 Å². The Balaban J connectivity index is 1.81. The quantitative estimate of drug-likeness (QED) is 0.440. The highest BCUT2D eigenvalue weighted by Crippen LogP contribution is 2.18. The van der Waals surface area contributed by atoms with E-state index in [0.717, 1.165) is 22.0 Å². The van der Waals surface area contributed by atoms with Crippen LogP contribution in [0.4, 0.5) is 14.6 Å². The van der Waals surface area contributed by atoms with Gasteiger partial charge in [-0.1, -0.05) is 30.7 Å². The van der Waals surface area contributed by atoms with Crippen LogP contribution in [-0.4, -0.2) is 44.9 Å². The molecule has 9 nitrogen and oxygen atoms in total. The molecule has 1 aliphatic heterocycles. The predicted molar refractivity (Wildman–Crippen MR) is 133 cm³/mol. The average Bonchev–Trinajstić information content (AvgIpc) is 2.85. The molecular formula is C26H27F2N5O4. The molecule has 1 aliphatic rings. The van der Waals surface area contributed by atoms with Crippen molar-refractivity contribution in [2.75, 3.05) is 18.8 Å². The number of halogens is 2. The van der Waals surface area contributed by atoms with Crippen molar-refractivity contribution in [1.82, 2.24) is 14.0 Å². The number of benzene rings is 2. The van der Waals surface area contributed by atoms with Crippen molar-refractivity contribution in [3.05, 3.63) is 97.7 Å². The van der Waals surface area contributed by atoms with Gasteiger partial charge in [0.05, 0.1) is 25.7 Å². The van der Waals surface area contributed by atoms with Crippen LogP contribution >= 0.6 is 0 Å². The molecule has 1 saturated heterocycles. The highest BCUT2D eigenvalue weighted by molar-refractivity contribution is 6.01. The van der Waals surface area contributed by atoms with E-state index in [1.165, 1.54) is 42.5 Å². The first-order valence-electron chi connectivity index (χ1n) is 11.8. The Kier molecular flexibility index (Phi) is 7.63. The molecule has 4 rings (SSSR count). The Labute approximate surface area is 210 Å². The topological polar surface area (TPSA) is 133 Å². The maximum absolute atomic E-state index is 13.8. The van der Waals surface area contributed by atoms with Gasteiger partial charge in [-0.15, -0.1) is 0 Å². The van der Waals surface area contributed by atoms with E-state index in [2.05, 4.69) is 0 Å². The van der Waals surface area contributed by atoms with E-state index in [0.29, 0.717) is 24.1 Å². The highest BCUT2D eigenvalue weighted by atomic mass is 19.1. The van der Waals surface area contributed by atoms with Crippen LogP contribution in [0.1, 0.15) is 40.7 Å². The van der Waals surface area contributed by atoms with Gasteiger partial charge in [0, 0.05) is 0 Å². The number of nitrogen functional groups attached to an aromatic ring is 1. The van der Waals surface area contributed by atoms with Crippen LogP contribution in [-0.2, 0) is 17.9 Å². The molecule has 0 aliphatic carbocycles. The number of carbonyl (C=O) groups excluding carboxylic acids is 2. The Hall–Kier alpha value is -4.12. The molecule has 2 aromatic carbocycles. The van der Waals surface area contributed by atoms with Crippen LogP contribution in [0, 0.1) is 11.6 Å². The first-order chi connectivity index (χ1) is 17.7. The Morgan fingerprint density at radius 1 is 0.919 bits per heavy atom. The van der Waals surface area contributed by atoms with Crippen molar-refractivity contribution in [2.45, 2.75) is 38.4 Å². The number of Topliss-reactive ketones (excluding diaryl/α,β-unsaturated/α-hetero) is 1. The molecule has 11 heteroatoms. The van der Waals surface area contributed by atoms with Crippen LogP contribution in [0.25, 0.3) is 0 Å². The smallest absolute Gasteiger partial charge is 0.333 e. The second kappa shape index (κ2) is 10.9. The van der Waals surface area contributed by atoms with Crippen molar-refractivity contribution in [3.8, 4) is 0 Å². The fourth-order valence-electron chi connectivity index (χ4n) is 4.67. The summed E-state index contributed by atoms with van der Waals surface area (Å²) in [5.41, 5.74) is 10.2. The van der Waals surface area contributed by atoms with Gasteiger partial charge in [0.25, 0.3) is 5.56 Å². The number of carbonyl (C=O) groups is 2. The zero-order valence-electron chi connectivity index (χ0n) is 20.0. The van der Waals surface area contributed by atoms with E-state index in [-0.39, 0.29) is 25.5 Å². The van der Waals surface area contributed by atoms with Gasteiger partial charge >= 0.3 is 5.69 Å². The molecule has 37 heavy (non-hydrogen) atoms. The first-order valence-corrected chi connectivity index (χ1v) is 11.8. The summed E-state index contributed by atoms with van der Waals surface area (Å²) in [7, 11) is 0. The van der Waals surface area contributed by atoms with Crippen LogP contribution < -0.4 is 22.7 Å². The van der Waals surface area contributed by atoms with E-state index < -0.39 is 46.2 Å². The number of primary amides is 1. The number of hydrogen-bond acceptors (Lipinski definition) is 6. The molecule has 0 bridgehead atoms. The third-order valence-electron chi connectivity index (χ3n) is 6.49. The monoisotopic (exact) mass is 511 g/mol. The van der Waals surface area contributed by atoms with Gasteiger partial charge in [-0.2, -0.15) is 0 Å². The molecule has 3 aromatic rings. The molecule has 1 atom stereocenters. The summed E-state index contributed by atoms with van der Waals surface area (Å²) in [4.78, 5) is 53.7. The van der Waals surface area contributed by atoms with Gasteiger partial charge in [-0.05, 0) is 54.8 Å². The average molecular weight is 512 g/mol. The maximum Gasteiger partial charge on any atom is 0.333 e. The Morgan fingerprint density at radius 3 is 2.08 bits per heavy atom. The molecule has 0 saturated carbocycles. The van der Waals surface area contributed by atoms with E-state index in [1.807, 2.05) is 0 Å². The lowest BCUT2D eigenvalue weighted by Gasteiger charge is -2.33. The number of likely N-dealkylation sites (tertiary alicyclic amines) is 1. The number of nitrogens with two attached hydrogens (primary N) is 2. The molecule has 2 heterocycles. The minimum Gasteiger partial charge on any atom is -0.384 e. The fourth-order valence-corrected chi connectivity index (χ4v) is 4.67. The largest absolute Gasteiger partial charge is 0.384 e. The predicted octanol–water partition coefficient (Wildman–Crippen LogP) is 1.49. The second-order valence-corrected chi connectivity index (χ2v) is 9.09. The van der Waals surface area contributed by atoms with Gasteiger partial charge < -0.3 is 11.5 Å². The number of rotatable bonds is 8. The first kappa shape index (κ1) is 26.0. The molecule has 1 amide bonds. The number of aromatic nitrogens is 2. The minimum absolute atomic E-state index is 0.209. The summed E-state index contributed by atoms with van der Waals surface area (Å²) in [5, 5.41) is 0. The minimum atomic E-state index is -0.931. The van der Waals surface area contributed by atoms with Crippen molar-refractivity contribution in [2.24, 2.45) is 5.73 Å². The van der Waals surface area contributed by atoms with Crippen LogP contribution in [0.15, 0.2) is 58.1 Å². The fraction of sp³-hybridized carbons (Fsp3) is 0.308. The van der Waals surface area contributed by atoms with Gasteiger partial charge in [0.1, 0.15) is 23.0 Å². The second-order valence-electron chi connectivity index (χ2n) is 9.09. The van der Waals surface area contributed by atoms with Gasteiger partial charge in [0.15, 0.2) is 5.78 Å². The summed E-state index contributed by atoms with van der Waals surface area (Å²) in [6.45, 7) is -0.391. The molecule has 1 aromatic heterocycles. The van der Waals surface area contributed by atoms with E-state index >= 15 is 0 Å². The van der Waals surface area contributed by atoms with Crippen molar-refractivity contribution < 1.29 is 18.4 Å². The molecule has 194 valence electrons. The zero-order chi connectivity index (χ0) is 26.7. The van der Waals surface area contributed by atoms with E-state index in [9.17, 15) is 28.0 Å². The molecule has 1 unspecified atom stereocenters. The lowest BCUT2D eigenvalue weighted by molar-refractivity contribution is -0.124. The van der Waals surface area contributed by atoms with E-state index in [1.54, 1.807) is 11.0 Å². The number of anilines is 1. The van der Waals surface area contributed by atoms with Gasteiger partial charge in [-0.3, -0.25) is 28.4 Å². The molecular weight excluding hydrogens is 484 g/mol. The molecule has 0 spiro atoms. The number of hydrogen-bond donors (Lipinski definition) is 2. The van der Waals surface area contributed by atoms with Gasteiger partial charge in [0.2, 0.25) is 5.91 Å². The number of amides is 1. The number of ketones is 1. The normalized spacial score (nSPS) is 16.0. The Morgan fingerprint density at radius 2 is 1.51 bits per heavy atom. The van der Waals surface area contributed by atoms with Crippen LogP contribution in [0.5, 0.6) is 0 Å². The maximum atomic E-state index is 13.8. The molecule has 1 fully saturated rings. The highest BCUT2D eigenvalue weighted by Gasteiger charge is 2.31. The zero-order valence-corrected chi connectivity index (χ0v) is 20.0. The van der Waals surface area contributed by atoms with Gasteiger partial charge in [-0.25, -0.2) is 13.6 Å². The van der Waals surface area contributed by atoms with Crippen molar-refractivity contribution in [3.63, 3.8) is 0 Å². The van der Waals surface area contributed by atoms with Crippen molar-refractivity contribution in [1.29, 1.82) is 0 Å². The third kappa shape index (κ3) is 5.67. The lowest BCUT2D eigenvalue weighted by Crippen LogP contribution is -2.51. The third-order valence-corrected chi connectivity index (χ3v) is 6.49. The Bertz CT molecular complexity index is 1470. The number of piperidine rings is 1. The standard InChI is InChI=1S/C26H27F2N5O4/c27-18-7-3-5-16(11-18)13-32-23(29)22(21(34)15-31-10-2-1-9-20(31)24(30)35)25(36)33(26(32)37)14-17-6-4-8-19(28)12-17/h3-8,11-12,20H,1-2,9-10,13-15,29H2,(H2,30,35). The van der Waals surface area contributed by atoms with E-state index in [4.69, 9.17) is 11.5 Å². The summed E-state index contributed by atoms with van der Waals surface area (Å²) >= 11 is 0.